The van der Waals surface area contributed by atoms with Crippen LogP contribution >= 0.6 is 0 Å². The first kappa shape index (κ1) is 18.5. The number of aliphatic hydroxyl groups is 1. The first-order chi connectivity index (χ1) is 10.2. The van der Waals surface area contributed by atoms with Gasteiger partial charge in [0.2, 0.25) is 0 Å². The molecule has 0 saturated heterocycles. The molecule has 2 atom stereocenters. The van der Waals surface area contributed by atoms with Gasteiger partial charge in [0, 0.05) is 0 Å². The van der Waals surface area contributed by atoms with Crippen LogP contribution in [0.3, 0.4) is 0 Å². The molecule has 1 nitrogen and oxygen atoms in total. The Balaban J connectivity index is 2.53. The maximum atomic E-state index is 10.4. The van der Waals surface area contributed by atoms with Crippen LogP contribution in [0.5, 0.6) is 0 Å². The molecule has 0 aliphatic heterocycles. The minimum Gasteiger partial charge on any atom is -0.388 e. The largest absolute Gasteiger partial charge is 0.388 e. The third-order valence-corrected chi connectivity index (χ3v) is 4.53. The van der Waals surface area contributed by atoms with Crippen molar-refractivity contribution in [3.63, 3.8) is 0 Å². The van der Waals surface area contributed by atoms with Crippen molar-refractivity contribution in [1.29, 1.82) is 0 Å². The smallest absolute Gasteiger partial charge is 0.0795 e. The lowest BCUT2D eigenvalue weighted by Gasteiger charge is -2.27. The van der Waals surface area contributed by atoms with Gasteiger partial charge in [-0.15, -0.1) is 0 Å². The molecule has 0 aromatic carbocycles. The van der Waals surface area contributed by atoms with Crippen LogP contribution in [0.1, 0.15) is 91.4 Å². The number of rotatable bonds is 10. The molecule has 122 valence electrons. The molecule has 0 bridgehead atoms. The van der Waals surface area contributed by atoms with E-state index >= 15 is 0 Å². The summed E-state index contributed by atoms with van der Waals surface area (Å²) in [5.74, 6) is 0.526. The minimum absolute atomic E-state index is 0.225. The highest BCUT2D eigenvalue weighted by Gasteiger charge is 2.22. The molecule has 0 saturated carbocycles. The maximum absolute atomic E-state index is 10.4. The molecule has 0 aromatic heterocycles. The van der Waals surface area contributed by atoms with Crippen molar-refractivity contribution in [1.82, 2.24) is 0 Å². The summed E-state index contributed by atoms with van der Waals surface area (Å²) in [4.78, 5) is 0. The fraction of sp³-hybridized carbons (Fsp3) is 0.800. The molecule has 1 aliphatic rings. The van der Waals surface area contributed by atoms with Gasteiger partial charge in [0.15, 0.2) is 0 Å². The molecule has 0 heterocycles. The third-order valence-electron chi connectivity index (χ3n) is 4.53. The van der Waals surface area contributed by atoms with Crippen LogP contribution in [0, 0.1) is 5.92 Å². The quantitative estimate of drug-likeness (QED) is 0.477. The van der Waals surface area contributed by atoms with Crippen molar-refractivity contribution in [3.8, 4) is 0 Å². The zero-order valence-electron chi connectivity index (χ0n) is 14.5. The second-order valence-corrected chi connectivity index (χ2v) is 6.74. The Morgan fingerprint density at radius 3 is 2.38 bits per heavy atom. The lowest BCUT2D eigenvalue weighted by atomic mass is 9.82. The van der Waals surface area contributed by atoms with Crippen LogP contribution in [0.25, 0.3) is 0 Å². The van der Waals surface area contributed by atoms with Crippen molar-refractivity contribution in [2.24, 2.45) is 5.92 Å². The van der Waals surface area contributed by atoms with Gasteiger partial charge in [-0.3, -0.25) is 0 Å². The Morgan fingerprint density at radius 1 is 1.05 bits per heavy atom. The molecule has 0 radical (unpaired) electrons. The van der Waals surface area contributed by atoms with Gasteiger partial charge in [0.25, 0.3) is 0 Å². The summed E-state index contributed by atoms with van der Waals surface area (Å²) < 4.78 is 0. The zero-order valence-corrected chi connectivity index (χ0v) is 14.5. The Kier molecular flexibility index (Phi) is 9.74. The van der Waals surface area contributed by atoms with E-state index < -0.39 is 0 Å². The predicted molar refractivity (Wildman–Crippen MR) is 93.5 cm³/mol. The standard InChI is InChI=1S/C20H36O/c1-4-6-8-10-12-14-19-18(13-11-9-7-5-2)15-17(3)16-20(19)21/h14-15,17,20-21H,4-13,16H2,1-3H3. The van der Waals surface area contributed by atoms with Gasteiger partial charge in [0.05, 0.1) is 6.10 Å². The average Bonchev–Trinajstić information content (AvgIpc) is 2.45. The number of allylic oxidation sites excluding steroid dienone is 2. The topological polar surface area (TPSA) is 20.2 Å². The molecule has 2 unspecified atom stereocenters. The van der Waals surface area contributed by atoms with E-state index in [1.54, 1.807) is 0 Å². The molecule has 1 heteroatoms. The van der Waals surface area contributed by atoms with Crippen molar-refractivity contribution < 1.29 is 5.11 Å². The van der Waals surface area contributed by atoms with Crippen LogP contribution in [0.2, 0.25) is 0 Å². The van der Waals surface area contributed by atoms with Gasteiger partial charge in [-0.05, 0) is 49.2 Å². The van der Waals surface area contributed by atoms with Gasteiger partial charge < -0.3 is 5.11 Å². The number of hydrogen-bond donors (Lipinski definition) is 1. The normalized spacial score (nSPS) is 24.4. The first-order valence-electron chi connectivity index (χ1n) is 9.28. The molecule has 1 N–H and O–H groups in total. The van der Waals surface area contributed by atoms with E-state index in [1.807, 2.05) is 0 Å². The van der Waals surface area contributed by atoms with Gasteiger partial charge in [0.1, 0.15) is 0 Å². The van der Waals surface area contributed by atoms with Gasteiger partial charge >= 0.3 is 0 Å². The van der Waals surface area contributed by atoms with E-state index in [1.165, 1.54) is 62.5 Å². The molecular weight excluding hydrogens is 256 g/mol. The third kappa shape index (κ3) is 7.31. The summed E-state index contributed by atoms with van der Waals surface area (Å²) in [6, 6.07) is 0. The fourth-order valence-corrected chi connectivity index (χ4v) is 3.27. The molecule has 1 rings (SSSR count). The van der Waals surface area contributed by atoms with Crippen molar-refractivity contribution >= 4 is 0 Å². The SMILES string of the molecule is CCCCCCC=C1C(CCCCCC)=CC(C)CC1O. The molecule has 0 aromatic rings. The van der Waals surface area contributed by atoms with Gasteiger partial charge in [-0.25, -0.2) is 0 Å². The van der Waals surface area contributed by atoms with E-state index in [-0.39, 0.29) is 6.10 Å². The van der Waals surface area contributed by atoms with Crippen LogP contribution in [-0.2, 0) is 0 Å². The molecular formula is C20H36O. The number of aliphatic hydroxyl groups excluding tert-OH is 1. The fourth-order valence-electron chi connectivity index (χ4n) is 3.27. The van der Waals surface area contributed by atoms with Crippen LogP contribution < -0.4 is 0 Å². The molecule has 0 spiro atoms. The lowest BCUT2D eigenvalue weighted by Crippen LogP contribution is -2.20. The van der Waals surface area contributed by atoms with E-state index in [2.05, 4.69) is 32.9 Å². The van der Waals surface area contributed by atoms with Crippen LogP contribution in [0.4, 0.5) is 0 Å². The summed E-state index contributed by atoms with van der Waals surface area (Å²) in [5, 5.41) is 10.4. The van der Waals surface area contributed by atoms with E-state index in [4.69, 9.17) is 0 Å². The highest BCUT2D eigenvalue weighted by atomic mass is 16.3. The minimum atomic E-state index is -0.225. The summed E-state index contributed by atoms with van der Waals surface area (Å²) in [6.45, 7) is 6.74. The number of hydrogen-bond acceptors (Lipinski definition) is 1. The second-order valence-electron chi connectivity index (χ2n) is 6.74. The molecule has 1 aliphatic carbocycles. The zero-order chi connectivity index (χ0) is 15.5. The van der Waals surface area contributed by atoms with Crippen molar-refractivity contribution in [3.05, 3.63) is 23.3 Å². The number of unbranched alkanes of at least 4 members (excludes halogenated alkanes) is 7. The van der Waals surface area contributed by atoms with E-state index in [0.717, 1.165) is 19.3 Å². The monoisotopic (exact) mass is 292 g/mol. The molecule has 0 fully saturated rings. The van der Waals surface area contributed by atoms with Crippen molar-refractivity contribution in [2.75, 3.05) is 0 Å². The Hall–Kier alpha value is -0.560. The van der Waals surface area contributed by atoms with Crippen LogP contribution in [-0.4, -0.2) is 11.2 Å². The van der Waals surface area contributed by atoms with Crippen LogP contribution in [0.15, 0.2) is 23.3 Å². The van der Waals surface area contributed by atoms with Crippen molar-refractivity contribution in [2.45, 2.75) is 97.5 Å². The van der Waals surface area contributed by atoms with Gasteiger partial charge in [-0.1, -0.05) is 71.4 Å². The molecule has 0 amide bonds. The first-order valence-corrected chi connectivity index (χ1v) is 9.28. The Labute approximate surface area is 132 Å². The predicted octanol–water partition coefficient (Wildman–Crippen LogP) is 6.18. The average molecular weight is 293 g/mol. The Bertz CT molecular complexity index is 327. The summed E-state index contributed by atoms with van der Waals surface area (Å²) in [7, 11) is 0. The summed E-state index contributed by atoms with van der Waals surface area (Å²) in [6.07, 6.45) is 18.1. The summed E-state index contributed by atoms with van der Waals surface area (Å²) >= 11 is 0. The summed E-state index contributed by atoms with van der Waals surface area (Å²) in [5.41, 5.74) is 2.69. The molecule has 21 heavy (non-hydrogen) atoms. The van der Waals surface area contributed by atoms with E-state index in [9.17, 15) is 5.11 Å². The highest BCUT2D eigenvalue weighted by molar-refractivity contribution is 5.37. The second kappa shape index (κ2) is 11.1. The van der Waals surface area contributed by atoms with Gasteiger partial charge in [-0.2, -0.15) is 0 Å². The maximum Gasteiger partial charge on any atom is 0.0795 e. The Morgan fingerprint density at radius 2 is 1.71 bits per heavy atom. The highest BCUT2D eigenvalue weighted by Crippen LogP contribution is 2.32. The van der Waals surface area contributed by atoms with E-state index in [0.29, 0.717) is 5.92 Å². The lowest BCUT2D eigenvalue weighted by molar-refractivity contribution is 0.183.